The summed E-state index contributed by atoms with van der Waals surface area (Å²) in [5.41, 5.74) is 0. The molecule has 0 heterocycles. The maximum Gasteiger partial charge on any atom is 0.454 e. The zero-order chi connectivity index (χ0) is 16.5. The van der Waals surface area contributed by atoms with Crippen molar-refractivity contribution in [2.75, 3.05) is 0 Å². The Kier molecular flexibility index (Phi) is 11.0. The smallest absolute Gasteiger partial charge is 0.454 e. The molecule has 9 heteroatoms. The fourth-order valence-corrected chi connectivity index (χ4v) is 1.14. The van der Waals surface area contributed by atoms with Gasteiger partial charge in [-0.3, -0.25) is 4.79 Å². The van der Waals surface area contributed by atoms with Crippen molar-refractivity contribution in [3.05, 3.63) is 36.1 Å². The van der Waals surface area contributed by atoms with Gasteiger partial charge in [-0.1, -0.05) is 24.3 Å². The van der Waals surface area contributed by atoms with E-state index in [0.29, 0.717) is 0 Å². The zero-order valence-corrected chi connectivity index (χ0v) is 12.1. The van der Waals surface area contributed by atoms with Gasteiger partial charge in [0.2, 0.25) is 5.76 Å². The number of aliphatic hydroxyl groups is 1. The van der Waals surface area contributed by atoms with Crippen molar-refractivity contribution < 1.29 is 53.3 Å². The third-order valence-corrected chi connectivity index (χ3v) is 2.17. The number of rotatable bonds is 1. The average Bonchev–Trinajstić information content (AvgIpc) is 2.25. The minimum Gasteiger partial charge on any atom is -0.504 e. The summed E-state index contributed by atoms with van der Waals surface area (Å²) in [6.07, 6.45) is 2.32. The second-order valence-electron chi connectivity index (χ2n) is 3.99. The molecule has 0 aromatic heterocycles. The number of carbonyl (C=O) groups excluding carboxylic acids is 1. The minimum atomic E-state index is -5.42. The number of allylic oxidation sites excluding steroid dienone is 6. The Bertz CT molecular complexity index is 395. The predicted molar refractivity (Wildman–Crippen MR) is 64.6 cm³/mol. The van der Waals surface area contributed by atoms with Crippen molar-refractivity contribution in [3.8, 4) is 0 Å². The van der Waals surface area contributed by atoms with E-state index in [4.69, 9.17) is 5.11 Å². The molecule has 1 aliphatic rings. The van der Waals surface area contributed by atoms with Gasteiger partial charge in [0.25, 0.3) is 5.78 Å². The van der Waals surface area contributed by atoms with Crippen LogP contribution in [0.15, 0.2) is 36.1 Å². The molecule has 1 aliphatic carbocycles. The van der Waals surface area contributed by atoms with E-state index < -0.39 is 30.0 Å². The van der Waals surface area contributed by atoms with Crippen LogP contribution in [-0.2, 0) is 21.9 Å². The van der Waals surface area contributed by atoms with Crippen LogP contribution in [-0.4, -0.2) is 23.2 Å². The number of hydrogen-bond donors (Lipinski definition) is 1. The molecule has 0 saturated heterocycles. The Morgan fingerprint density at radius 1 is 0.818 bits per heavy atom. The molecule has 0 atom stereocenters. The largest absolute Gasteiger partial charge is 0.504 e. The van der Waals surface area contributed by atoms with Crippen LogP contribution in [0, 0.1) is 0 Å². The van der Waals surface area contributed by atoms with Crippen LogP contribution < -0.4 is 0 Å². The van der Waals surface area contributed by atoms with E-state index in [1.165, 1.54) is 25.7 Å². The van der Waals surface area contributed by atoms with Gasteiger partial charge in [-0.15, -0.1) is 0 Å². The zero-order valence-electron chi connectivity index (χ0n) is 11.1. The van der Waals surface area contributed by atoms with Gasteiger partial charge in [0.15, 0.2) is 0 Å². The molecule has 1 radical (unpaired) electrons. The van der Waals surface area contributed by atoms with E-state index in [9.17, 15) is 31.1 Å². The summed E-state index contributed by atoms with van der Waals surface area (Å²) in [6, 6.07) is 0. The molecule has 0 spiro atoms. The van der Waals surface area contributed by atoms with E-state index in [1.54, 1.807) is 0 Å². The number of ketones is 1. The Morgan fingerprint density at radius 2 is 1.14 bits per heavy atom. The normalized spacial score (nSPS) is 15.8. The average molecular weight is 380 g/mol. The van der Waals surface area contributed by atoms with Gasteiger partial charge in [-0.05, 0) is 25.7 Å². The Labute approximate surface area is 134 Å². The molecule has 0 aromatic rings. The Balaban J connectivity index is 0. The predicted octanol–water partition coefficient (Wildman–Crippen LogP) is 4.79. The molecular formula is C13H14CuF6O2. The summed E-state index contributed by atoms with van der Waals surface area (Å²) >= 11 is 0. The first-order valence-electron chi connectivity index (χ1n) is 5.94. The maximum atomic E-state index is 11.4. The van der Waals surface area contributed by atoms with E-state index in [1.807, 2.05) is 0 Å². The maximum absolute atomic E-state index is 11.4. The summed E-state index contributed by atoms with van der Waals surface area (Å²) in [6.45, 7) is 0. The van der Waals surface area contributed by atoms with Crippen LogP contribution in [0.3, 0.4) is 0 Å². The number of aliphatic hydroxyl groups excluding tert-OH is 1. The molecule has 1 N–H and O–H groups in total. The monoisotopic (exact) mass is 379 g/mol. The van der Waals surface area contributed by atoms with Crippen LogP contribution >= 0.6 is 0 Å². The van der Waals surface area contributed by atoms with Gasteiger partial charge in [-0.25, -0.2) is 0 Å². The topological polar surface area (TPSA) is 37.3 Å². The van der Waals surface area contributed by atoms with E-state index in [2.05, 4.69) is 24.3 Å². The second kappa shape index (κ2) is 10.5. The molecule has 0 saturated carbocycles. The van der Waals surface area contributed by atoms with Gasteiger partial charge < -0.3 is 5.11 Å². The second-order valence-corrected chi connectivity index (χ2v) is 3.99. The quantitative estimate of drug-likeness (QED) is 0.234. The van der Waals surface area contributed by atoms with E-state index in [-0.39, 0.29) is 17.1 Å². The number of carbonyl (C=O) groups is 1. The molecule has 0 aromatic carbocycles. The summed E-state index contributed by atoms with van der Waals surface area (Å²) in [4.78, 5) is 9.86. The third kappa shape index (κ3) is 11.4. The van der Waals surface area contributed by atoms with Crippen LogP contribution in [0.1, 0.15) is 25.7 Å². The van der Waals surface area contributed by atoms with Crippen LogP contribution in [0.25, 0.3) is 0 Å². The number of alkyl halides is 6. The first-order chi connectivity index (χ1) is 9.55. The molecule has 131 valence electrons. The molecule has 0 unspecified atom stereocenters. The van der Waals surface area contributed by atoms with Gasteiger partial charge in [0, 0.05) is 23.1 Å². The molecule has 22 heavy (non-hydrogen) atoms. The van der Waals surface area contributed by atoms with Crippen molar-refractivity contribution in [3.63, 3.8) is 0 Å². The van der Waals surface area contributed by atoms with Gasteiger partial charge in [0.1, 0.15) is 0 Å². The molecule has 0 bridgehead atoms. The third-order valence-electron chi connectivity index (χ3n) is 2.17. The van der Waals surface area contributed by atoms with Crippen LogP contribution in [0.2, 0.25) is 0 Å². The number of hydrogen-bond acceptors (Lipinski definition) is 2. The summed E-state index contributed by atoms with van der Waals surface area (Å²) < 4.78 is 68.1. The van der Waals surface area contributed by atoms with Crippen molar-refractivity contribution in [1.29, 1.82) is 0 Å². The standard InChI is InChI=1S/C8H12.C5H2F6O2.Cu/c1-2-4-6-8-7-5-3-1;6-4(7,8)2(12)1-3(13)5(9,10)11;/h1-2,7-8H,3-6H2;1,12H;/b;2-1-;. The molecule has 0 amide bonds. The Hall–Kier alpha value is -1.21. The Morgan fingerprint density at radius 3 is 1.36 bits per heavy atom. The summed E-state index contributed by atoms with van der Waals surface area (Å²) in [5.74, 6) is -5.34. The van der Waals surface area contributed by atoms with Gasteiger partial charge in [0.05, 0.1) is 0 Å². The van der Waals surface area contributed by atoms with E-state index >= 15 is 0 Å². The molecule has 0 aliphatic heterocycles. The molecular weight excluding hydrogens is 366 g/mol. The van der Waals surface area contributed by atoms with Crippen LogP contribution in [0.5, 0.6) is 0 Å². The van der Waals surface area contributed by atoms with Crippen molar-refractivity contribution >= 4 is 5.78 Å². The van der Waals surface area contributed by atoms with Crippen LogP contribution in [0.4, 0.5) is 26.3 Å². The van der Waals surface area contributed by atoms with Gasteiger partial charge in [-0.2, -0.15) is 26.3 Å². The number of halogens is 6. The van der Waals surface area contributed by atoms with Crippen molar-refractivity contribution in [1.82, 2.24) is 0 Å². The SMILES string of the molecule is C1=CCCC=CCC1.O=C(/C=C(\O)C(F)(F)F)C(F)(F)F.[Cu]. The fraction of sp³-hybridized carbons (Fsp3) is 0.462. The minimum absolute atomic E-state index is 0. The summed E-state index contributed by atoms with van der Waals surface area (Å²) in [7, 11) is 0. The molecule has 1 rings (SSSR count). The first kappa shape index (κ1) is 23.1. The fourth-order valence-electron chi connectivity index (χ4n) is 1.14. The van der Waals surface area contributed by atoms with E-state index in [0.717, 1.165) is 0 Å². The summed E-state index contributed by atoms with van der Waals surface area (Å²) in [5, 5.41) is 7.93. The van der Waals surface area contributed by atoms with Crippen molar-refractivity contribution in [2.24, 2.45) is 0 Å². The molecule has 2 nitrogen and oxygen atoms in total. The first-order valence-corrected chi connectivity index (χ1v) is 5.94. The molecule has 0 fully saturated rings. The van der Waals surface area contributed by atoms with Crippen molar-refractivity contribution in [2.45, 2.75) is 38.0 Å². The van der Waals surface area contributed by atoms with Gasteiger partial charge >= 0.3 is 12.4 Å².